The summed E-state index contributed by atoms with van der Waals surface area (Å²) in [7, 11) is 3.04. The molecule has 0 bridgehead atoms. The fourth-order valence-electron chi connectivity index (χ4n) is 3.30. The number of hydrogen-bond acceptors (Lipinski definition) is 4. The first-order chi connectivity index (χ1) is 12.4. The Bertz CT molecular complexity index is 1240. The molecule has 1 aromatic carbocycles. The zero-order chi connectivity index (χ0) is 18.6. The topological polar surface area (TPSA) is 86.5 Å². The van der Waals surface area contributed by atoms with E-state index in [-0.39, 0.29) is 0 Å². The molecular formula is C18H19N5O3. The molecule has 3 heterocycles. The first-order valence-electron chi connectivity index (χ1n) is 8.31. The van der Waals surface area contributed by atoms with Crippen molar-refractivity contribution < 1.29 is 5.11 Å². The molecule has 0 amide bonds. The van der Waals surface area contributed by atoms with E-state index < -0.39 is 17.4 Å². The van der Waals surface area contributed by atoms with Crippen LogP contribution in [0.25, 0.3) is 28.2 Å². The molecule has 1 atom stereocenters. The number of aryl methyl sites for hydroxylation is 1. The van der Waals surface area contributed by atoms with Crippen LogP contribution in [0.3, 0.4) is 0 Å². The van der Waals surface area contributed by atoms with Gasteiger partial charge in [-0.05, 0) is 12.5 Å². The molecule has 26 heavy (non-hydrogen) atoms. The van der Waals surface area contributed by atoms with E-state index in [9.17, 15) is 14.7 Å². The summed E-state index contributed by atoms with van der Waals surface area (Å²) >= 11 is 0. The van der Waals surface area contributed by atoms with Gasteiger partial charge in [0.25, 0.3) is 5.56 Å². The molecule has 1 N–H and O–H groups in total. The van der Waals surface area contributed by atoms with Gasteiger partial charge in [0.15, 0.2) is 11.2 Å². The van der Waals surface area contributed by atoms with Crippen LogP contribution in [0, 0.1) is 0 Å². The molecule has 0 aliphatic carbocycles. The van der Waals surface area contributed by atoms with Crippen molar-refractivity contribution in [3.8, 4) is 11.3 Å². The van der Waals surface area contributed by atoms with Crippen molar-refractivity contribution in [2.24, 2.45) is 14.1 Å². The minimum atomic E-state index is -0.597. The quantitative estimate of drug-likeness (QED) is 0.588. The Kier molecular flexibility index (Phi) is 3.58. The molecule has 4 aromatic rings. The predicted molar refractivity (Wildman–Crippen MR) is 98.3 cm³/mol. The maximum atomic E-state index is 12.7. The molecule has 134 valence electrons. The maximum absolute atomic E-state index is 12.7. The Balaban J connectivity index is 2.16. The van der Waals surface area contributed by atoms with Gasteiger partial charge in [0.05, 0.1) is 18.3 Å². The Hall–Kier alpha value is -3.13. The third-order valence-electron chi connectivity index (χ3n) is 4.57. The molecule has 0 radical (unpaired) electrons. The van der Waals surface area contributed by atoms with Crippen LogP contribution in [0.1, 0.15) is 6.92 Å². The van der Waals surface area contributed by atoms with Crippen LogP contribution < -0.4 is 11.2 Å². The van der Waals surface area contributed by atoms with Gasteiger partial charge in [0.1, 0.15) is 0 Å². The monoisotopic (exact) mass is 353 g/mol. The largest absolute Gasteiger partial charge is 0.392 e. The molecule has 0 fully saturated rings. The average molecular weight is 353 g/mol. The lowest BCUT2D eigenvalue weighted by Gasteiger charge is -2.10. The number of nitrogens with zero attached hydrogens (tertiary/aromatic N) is 5. The zero-order valence-electron chi connectivity index (χ0n) is 14.7. The van der Waals surface area contributed by atoms with Gasteiger partial charge < -0.3 is 9.67 Å². The number of benzene rings is 1. The van der Waals surface area contributed by atoms with Gasteiger partial charge in [0, 0.05) is 20.3 Å². The van der Waals surface area contributed by atoms with Crippen LogP contribution in [0.5, 0.6) is 0 Å². The normalized spacial score (nSPS) is 12.9. The summed E-state index contributed by atoms with van der Waals surface area (Å²) in [6.45, 7) is 2.01. The van der Waals surface area contributed by atoms with E-state index >= 15 is 0 Å². The highest BCUT2D eigenvalue weighted by Gasteiger charge is 2.21. The van der Waals surface area contributed by atoms with Gasteiger partial charge in [-0.3, -0.25) is 18.3 Å². The summed E-state index contributed by atoms with van der Waals surface area (Å²) in [5, 5.41) is 9.95. The summed E-state index contributed by atoms with van der Waals surface area (Å²) in [5.41, 5.74) is 1.64. The Labute approximate surface area is 148 Å². The fraction of sp³-hybridized carbons (Fsp3) is 0.278. The average Bonchev–Trinajstić information content (AvgIpc) is 3.16. The van der Waals surface area contributed by atoms with E-state index in [1.165, 1.54) is 11.6 Å². The van der Waals surface area contributed by atoms with Crippen molar-refractivity contribution in [1.29, 1.82) is 0 Å². The standard InChI is InChI=1S/C18H19N5O3/c1-11(24)9-22-13(12-7-5-4-6-8-12)10-23-14-15(19-17(22)23)20(2)18(26)21(3)16(14)25/h4-8,10-11,24H,9H2,1-3H3/t11-/m0/s1. The second kappa shape index (κ2) is 5.70. The Morgan fingerprint density at radius 3 is 2.46 bits per heavy atom. The second-order valence-electron chi connectivity index (χ2n) is 6.50. The van der Waals surface area contributed by atoms with E-state index in [1.54, 1.807) is 18.4 Å². The molecule has 0 saturated heterocycles. The lowest BCUT2D eigenvalue weighted by atomic mass is 10.1. The summed E-state index contributed by atoms with van der Waals surface area (Å²) in [6.07, 6.45) is 1.23. The molecule has 8 nitrogen and oxygen atoms in total. The van der Waals surface area contributed by atoms with Crippen LogP contribution in [0.4, 0.5) is 0 Å². The number of aliphatic hydroxyl groups is 1. The zero-order valence-corrected chi connectivity index (χ0v) is 14.7. The second-order valence-corrected chi connectivity index (χ2v) is 6.50. The van der Waals surface area contributed by atoms with Gasteiger partial charge in [-0.25, -0.2) is 4.79 Å². The molecular weight excluding hydrogens is 334 g/mol. The van der Waals surface area contributed by atoms with Gasteiger partial charge in [-0.2, -0.15) is 4.98 Å². The molecule has 0 unspecified atom stereocenters. The number of hydrogen-bond donors (Lipinski definition) is 1. The van der Waals surface area contributed by atoms with E-state index in [1.807, 2.05) is 41.1 Å². The van der Waals surface area contributed by atoms with E-state index in [4.69, 9.17) is 0 Å². The first kappa shape index (κ1) is 16.3. The van der Waals surface area contributed by atoms with Gasteiger partial charge in [0.2, 0.25) is 5.78 Å². The molecule has 0 saturated carbocycles. The van der Waals surface area contributed by atoms with E-state index in [0.29, 0.717) is 23.5 Å². The van der Waals surface area contributed by atoms with Crippen molar-refractivity contribution in [3.63, 3.8) is 0 Å². The minimum absolute atomic E-state index is 0.318. The first-order valence-corrected chi connectivity index (χ1v) is 8.31. The van der Waals surface area contributed by atoms with Gasteiger partial charge in [-0.1, -0.05) is 30.3 Å². The molecule has 0 spiro atoms. The van der Waals surface area contributed by atoms with Crippen LogP contribution in [-0.4, -0.2) is 34.3 Å². The highest BCUT2D eigenvalue weighted by Crippen LogP contribution is 2.25. The molecule has 4 rings (SSSR count). The number of aromatic nitrogens is 5. The predicted octanol–water partition coefficient (Wildman–Crippen LogP) is 0.734. The lowest BCUT2D eigenvalue weighted by molar-refractivity contribution is 0.175. The molecule has 0 aliphatic rings. The summed E-state index contributed by atoms with van der Waals surface area (Å²) in [5.74, 6) is 0.512. The maximum Gasteiger partial charge on any atom is 0.332 e. The van der Waals surface area contributed by atoms with Crippen molar-refractivity contribution in [1.82, 2.24) is 23.1 Å². The lowest BCUT2D eigenvalue weighted by Crippen LogP contribution is -2.37. The number of fused-ring (bicyclic) bond motifs is 3. The van der Waals surface area contributed by atoms with Crippen molar-refractivity contribution >= 4 is 16.9 Å². The van der Waals surface area contributed by atoms with Crippen LogP contribution >= 0.6 is 0 Å². The van der Waals surface area contributed by atoms with Crippen LogP contribution in [-0.2, 0) is 20.6 Å². The molecule has 3 aromatic heterocycles. The smallest absolute Gasteiger partial charge is 0.332 e. The SMILES string of the molecule is C[C@H](O)Cn1c(-c2ccccc2)cn2c3c(=O)n(C)c(=O)n(C)c3nc12. The Morgan fingerprint density at radius 1 is 1.12 bits per heavy atom. The van der Waals surface area contributed by atoms with Gasteiger partial charge >= 0.3 is 5.69 Å². The number of imidazole rings is 2. The molecule has 0 aliphatic heterocycles. The van der Waals surface area contributed by atoms with E-state index in [2.05, 4.69) is 4.98 Å². The van der Waals surface area contributed by atoms with Crippen LogP contribution in [0.2, 0.25) is 0 Å². The third kappa shape index (κ3) is 2.22. The number of aliphatic hydroxyl groups excluding tert-OH is 1. The van der Waals surface area contributed by atoms with Crippen molar-refractivity contribution in [3.05, 3.63) is 57.4 Å². The highest BCUT2D eigenvalue weighted by atomic mass is 16.3. The van der Waals surface area contributed by atoms with Crippen LogP contribution in [0.15, 0.2) is 46.1 Å². The summed E-state index contributed by atoms with van der Waals surface area (Å²) in [6, 6.07) is 9.71. The van der Waals surface area contributed by atoms with Crippen molar-refractivity contribution in [2.45, 2.75) is 19.6 Å². The minimum Gasteiger partial charge on any atom is -0.392 e. The highest BCUT2D eigenvalue weighted by molar-refractivity contribution is 5.78. The number of rotatable bonds is 3. The van der Waals surface area contributed by atoms with Crippen molar-refractivity contribution in [2.75, 3.05) is 0 Å². The van der Waals surface area contributed by atoms with E-state index in [0.717, 1.165) is 15.8 Å². The summed E-state index contributed by atoms with van der Waals surface area (Å²) < 4.78 is 6.00. The summed E-state index contributed by atoms with van der Waals surface area (Å²) in [4.78, 5) is 29.4. The Morgan fingerprint density at radius 2 is 1.81 bits per heavy atom. The van der Waals surface area contributed by atoms with Gasteiger partial charge in [-0.15, -0.1) is 0 Å². The fourth-order valence-corrected chi connectivity index (χ4v) is 3.30. The third-order valence-corrected chi connectivity index (χ3v) is 4.57. The molecule has 8 heteroatoms.